The number of hydrogen-bond acceptors (Lipinski definition) is 7. The largest absolute Gasteiger partial charge is 0.433 e. The van der Waals surface area contributed by atoms with Crippen LogP contribution >= 0.6 is 11.3 Å². The number of anilines is 1. The molecule has 1 aliphatic heterocycles. The summed E-state index contributed by atoms with van der Waals surface area (Å²) in [5.41, 5.74) is -0.714. The second kappa shape index (κ2) is 9.07. The number of rotatable bonds is 6. The fourth-order valence-electron chi connectivity index (χ4n) is 3.27. The molecule has 158 valence electrons. The number of thiophene rings is 1. The molecule has 1 saturated heterocycles. The average Bonchev–Trinajstić information content (AvgIpc) is 3.29. The van der Waals surface area contributed by atoms with Crippen LogP contribution in [-0.2, 0) is 10.9 Å². The van der Waals surface area contributed by atoms with E-state index in [-0.39, 0.29) is 23.4 Å². The highest BCUT2D eigenvalue weighted by atomic mass is 32.1. The van der Waals surface area contributed by atoms with Crippen LogP contribution in [0.2, 0.25) is 0 Å². The first-order valence-electron chi connectivity index (χ1n) is 9.47. The lowest BCUT2D eigenvalue weighted by Crippen LogP contribution is -2.41. The number of aromatic nitrogens is 3. The van der Waals surface area contributed by atoms with Crippen LogP contribution in [0.1, 0.15) is 16.6 Å². The maximum absolute atomic E-state index is 13.4. The molecular weight excluding hydrogens is 415 g/mol. The van der Waals surface area contributed by atoms with E-state index in [0.717, 1.165) is 24.0 Å². The Morgan fingerprint density at radius 1 is 1.13 bits per heavy atom. The van der Waals surface area contributed by atoms with E-state index in [1.54, 1.807) is 29.5 Å². The zero-order chi connectivity index (χ0) is 21.0. The first-order valence-corrected chi connectivity index (χ1v) is 10.4. The lowest BCUT2D eigenvalue weighted by atomic mass is 10.2. The van der Waals surface area contributed by atoms with Crippen molar-refractivity contribution in [2.24, 2.45) is 0 Å². The maximum atomic E-state index is 13.4. The van der Waals surface area contributed by atoms with E-state index < -0.39 is 11.9 Å². The van der Waals surface area contributed by atoms with Crippen molar-refractivity contribution in [2.45, 2.75) is 12.2 Å². The molecule has 4 rings (SSSR count). The second-order valence-electron chi connectivity index (χ2n) is 6.74. The van der Waals surface area contributed by atoms with Gasteiger partial charge in [-0.15, -0.1) is 11.3 Å². The minimum atomic E-state index is -4.58. The van der Waals surface area contributed by atoms with Crippen molar-refractivity contribution in [2.75, 3.05) is 38.2 Å². The molecule has 4 heterocycles. The topological polar surface area (TPSA) is 63.2 Å². The van der Waals surface area contributed by atoms with E-state index in [1.807, 2.05) is 17.5 Å². The van der Waals surface area contributed by atoms with E-state index in [9.17, 15) is 13.2 Å². The lowest BCUT2D eigenvalue weighted by Gasteiger charge is -2.34. The van der Waals surface area contributed by atoms with Gasteiger partial charge in [-0.3, -0.25) is 9.88 Å². The van der Waals surface area contributed by atoms with Gasteiger partial charge < -0.3 is 10.1 Å². The van der Waals surface area contributed by atoms with Gasteiger partial charge >= 0.3 is 6.18 Å². The van der Waals surface area contributed by atoms with E-state index in [4.69, 9.17) is 4.74 Å². The van der Waals surface area contributed by atoms with Gasteiger partial charge in [0.1, 0.15) is 11.5 Å². The highest BCUT2D eigenvalue weighted by Gasteiger charge is 2.34. The van der Waals surface area contributed by atoms with Gasteiger partial charge in [0.2, 0.25) is 0 Å². The smallest absolute Gasteiger partial charge is 0.379 e. The monoisotopic (exact) mass is 435 g/mol. The molecule has 3 aromatic rings. The third-order valence-corrected chi connectivity index (χ3v) is 5.72. The van der Waals surface area contributed by atoms with Gasteiger partial charge in [0, 0.05) is 36.8 Å². The van der Waals surface area contributed by atoms with Crippen LogP contribution in [0, 0.1) is 0 Å². The fourth-order valence-corrected chi connectivity index (χ4v) is 4.13. The van der Waals surface area contributed by atoms with Crippen molar-refractivity contribution in [1.29, 1.82) is 0 Å². The minimum absolute atomic E-state index is 0.0107. The Hall–Kier alpha value is -2.56. The summed E-state index contributed by atoms with van der Waals surface area (Å²) in [6.45, 7) is 3.22. The first kappa shape index (κ1) is 20.7. The molecule has 1 unspecified atom stereocenters. The van der Waals surface area contributed by atoms with Gasteiger partial charge in [0.05, 0.1) is 19.3 Å². The summed E-state index contributed by atoms with van der Waals surface area (Å²) >= 11 is 1.62. The summed E-state index contributed by atoms with van der Waals surface area (Å²) in [5.74, 6) is 0.0553. The number of nitrogens with one attached hydrogen (secondary N) is 1. The van der Waals surface area contributed by atoms with Crippen molar-refractivity contribution in [3.05, 3.63) is 58.5 Å². The third kappa shape index (κ3) is 4.94. The van der Waals surface area contributed by atoms with Crippen LogP contribution in [0.25, 0.3) is 11.5 Å². The molecule has 1 fully saturated rings. The van der Waals surface area contributed by atoms with Crippen molar-refractivity contribution < 1.29 is 17.9 Å². The fraction of sp³-hybridized carbons (Fsp3) is 0.350. The summed E-state index contributed by atoms with van der Waals surface area (Å²) in [6, 6.07) is 9.91. The molecule has 0 aromatic carbocycles. The van der Waals surface area contributed by atoms with Crippen molar-refractivity contribution in [1.82, 2.24) is 19.9 Å². The van der Waals surface area contributed by atoms with E-state index >= 15 is 0 Å². The quantitative estimate of drug-likeness (QED) is 0.629. The predicted molar refractivity (Wildman–Crippen MR) is 108 cm³/mol. The molecule has 0 saturated carbocycles. The summed E-state index contributed by atoms with van der Waals surface area (Å²) in [6.07, 6.45) is -3.09. The Morgan fingerprint density at radius 2 is 1.97 bits per heavy atom. The first-order chi connectivity index (χ1) is 14.5. The molecule has 1 aliphatic rings. The number of nitrogens with zero attached hydrogens (tertiary/aromatic N) is 4. The SMILES string of the molecule is FC(F)(F)c1cc(NCC(c2cccs2)N2CCOCC2)nc(-c2ccccn2)n1. The van der Waals surface area contributed by atoms with Gasteiger partial charge in [0.25, 0.3) is 0 Å². The average molecular weight is 435 g/mol. The van der Waals surface area contributed by atoms with Gasteiger partial charge in [-0.25, -0.2) is 9.97 Å². The molecule has 0 radical (unpaired) electrons. The molecule has 0 amide bonds. The molecule has 1 atom stereocenters. The number of alkyl halides is 3. The Labute approximate surface area is 175 Å². The highest BCUT2D eigenvalue weighted by Crippen LogP contribution is 2.31. The number of hydrogen-bond donors (Lipinski definition) is 1. The Balaban J connectivity index is 1.61. The molecule has 6 nitrogen and oxygen atoms in total. The van der Waals surface area contributed by atoms with Crippen LogP contribution in [0.5, 0.6) is 0 Å². The van der Waals surface area contributed by atoms with Crippen molar-refractivity contribution in [3.63, 3.8) is 0 Å². The van der Waals surface area contributed by atoms with Gasteiger partial charge in [-0.2, -0.15) is 13.2 Å². The van der Waals surface area contributed by atoms with Crippen LogP contribution in [-0.4, -0.2) is 52.7 Å². The van der Waals surface area contributed by atoms with E-state index in [2.05, 4.69) is 25.2 Å². The molecule has 30 heavy (non-hydrogen) atoms. The summed E-state index contributed by atoms with van der Waals surface area (Å²) in [7, 11) is 0. The summed E-state index contributed by atoms with van der Waals surface area (Å²) in [4.78, 5) is 15.5. The van der Waals surface area contributed by atoms with Crippen LogP contribution in [0.3, 0.4) is 0 Å². The molecular formula is C20H20F3N5OS. The molecule has 0 aliphatic carbocycles. The molecule has 10 heteroatoms. The van der Waals surface area contributed by atoms with Crippen molar-refractivity contribution in [3.8, 4) is 11.5 Å². The van der Waals surface area contributed by atoms with Crippen LogP contribution in [0.15, 0.2) is 48.0 Å². The van der Waals surface area contributed by atoms with Gasteiger partial charge in [-0.1, -0.05) is 12.1 Å². The molecule has 1 N–H and O–H groups in total. The Bertz CT molecular complexity index is 947. The zero-order valence-electron chi connectivity index (χ0n) is 16.0. The predicted octanol–water partition coefficient (Wildman–Crippen LogP) is 4.10. The zero-order valence-corrected chi connectivity index (χ0v) is 16.8. The van der Waals surface area contributed by atoms with Gasteiger partial charge in [0.15, 0.2) is 11.5 Å². The van der Waals surface area contributed by atoms with Crippen LogP contribution in [0.4, 0.5) is 19.0 Å². The third-order valence-electron chi connectivity index (χ3n) is 4.75. The molecule has 0 bridgehead atoms. The van der Waals surface area contributed by atoms with E-state index in [1.165, 1.54) is 6.20 Å². The summed E-state index contributed by atoms with van der Waals surface area (Å²) in [5, 5.41) is 5.09. The van der Waals surface area contributed by atoms with Gasteiger partial charge in [-0.05, 0) is 23.6 Å². The number of morpholine rings is 1. The number of ether oxygens (including phenoxy) is 1. The summed E-state index contributed by atoms with van der Waals surface area (Å²) < 4.78 is 45.7. The minimum Gasteiger partial charge on any atom is -0.379 e. The van der Waals surface area contributed by atoms with E-state index in [0.29, 0.717) is 19.8 Å². The normalized spacial score (nSPS) is 16.4. The Kier molecular flexibility index (Phi) is 6.26. The number of halogens is 3. The Morgan fingerprint density at radius 3 is 2.63 bits per heavy atom. The molecule has 0 spiro atoms. The molecule has 3 aromatic heterocycles. The second-order valence-corrected chi connectivity index (χ2v) is 7.71. The lowest BCUT2D eigenvalue weighted by molar-refractivity contribution is -0.141. The number of pyridine rings is 1. The van der Waals surface area contributed by atoms with Crippen molar-refractivity contribution >= 4 is 17.2 Å². The highest BCUT2D eigenvalue weighted by molar-refractivity contribution is 7.10. The van der Waals surface area contributed by atoms with Crippen LogP contribution < -0.4 is 5.32 Å². The standard InChI is InChI=1S/C20H20F3N5OS/c21-20(22,23)17-12-18(27-19(26-17)14-4-1-2-6-24-14)25-13-15(16-5-3-11-30-16)28-7-9-29-10-8-28/h1-6,11-12,15H,7-10,13H2,(H,25,26,27). The maximum Gasteiger partial charge on any atom is 0.433 e.